The molecule has 0 atom stereocenters. The zero-order valence-corrected chi connectivity index (χ0v) is 11.0. The van der Waals surface area contributed by atoms with E-state index in [0.717, 1.165) is 24.6 Å². The lowest BCUT2D eigenvalue weighted by Gasteiger charge is -2.12. The van der Waals surface area contributed by atoms with Gasteiger partial charge in [-0.25, -0.2) is 0 Å². The summed E-state index contributed by atoms with van der Waals surface area (Å²) in [5.41, 5.74) is 1.12. The Labute approximate surface area is 107 Å². The van der Waals surface area contributed by atoms with Crippen LogP contribution in [0, 0.1) is 5.92 Å². The van der Waals surface area contributed by atoms with Gasteiger partial charge in [-0.05, 0) is 43.0 Å². The molecule has 0 heterocycles. The van der Waals surface area contributed by atoms with E-state index >= 15 is 0 Å². The van der Waals surface area contributed by atoms with E-state index in [-0.39, 0.29) is 0 Å². The van der Waals surface area contributed by atoms with Crippen LogP contribution in [0.2, 0.25) is 5.02 Å². The Hall–Kier alpha value is -0.930. The molecule has 4 heteroatoms. The van der Waals surface area contributed by atoms with E-state index in [0.29, 0.717) is 16.5 Å². The number of benzene rings is 1. The number of hydrogen-bond donors (Lipinski definition) is 1. The first kappa shape index (κ1) is 12.5. The molecule has 0 amide bonds. The fraction of sp³-hybridized carbons (Fsp3) is 0.538. The van der Waals surface area contributed by atoms with Gasteiger partial charge in [-0.15, -0.1) is 0 Å². The molecule has 1 fully saturated rings. The third-order valence-corrected chi connectivity index (χ3v) is 3.23. The van der Waals surface area contributed by atoms with Crippen LogP contribution in [0.1, 0.15) is 18.4 Å². The highest BCUT2D eigenvalue weighted by atomic mass is 35.5. The Bertz CT molecular complexity index is 391. The topological polar surface area (TPSA) is 30.5 Å². The van der Waals surface area contributed by atoms with Gasteiger partial charge in [0.05, 0.1) is 19.2 Å². The summed E-state index contributed by atoms with van der Waals surface area (Å²) in [6.07, 6.45) is 2.72. The molecule has 0 saturated heterocycles. The highest BCUT2D eigenvalue weighted by Crippen LogP contribution is 2.36. The predicted molar refractivity (Wildman–Crippen MR) is 69.0 cm³/mol. The van der Waals surface area contributed by atoms with Gasteiger partial charge < -0.3 is 14.8 Å². The molecule has 1 aromatic carbocycles. The number of methoxy groups -OCH3 is 2. The van der Waals surface area contributed by atoms with E-state index < -0.39 is 0 Å². The second-order valence-electron chi connectivity index (χ2n) is 4.39. The maximum Gasteiger partial charge on any atom is 0.179 e. The van der Waals surface area contributed by atoms with Crippen molar-refractivity contribution in [3.05, 3.63) is 22.7 Å². The summed E-state index contributed by atoms with van der Waals surface area (Å²) in [7, 11) is 3.21. The van der Waals surface area contributed by atoms with Crippen LogP contribution in [0.3, 0.4) is 0 Å². The minimum Gasteiger partial charge on any atom is -0.493 e. The summed E-state index contributed by atoms with van der Waals surface area (Å²) < 4.78 is 10.5. The number of ether oxygens (including phenoxy) is 2. The Kier molecular flexibility index (Phi) is 4.13. The second kappa shape index (κ2) is 5.61. The molecule has 1 saturated carbocycles. The molecule has 1 aliphatic carbocycles. The number of rotatable bonds is 6. The second-order valence-corrected chi connectivity index (χ2v) is 4.79. The first-order valence-electron chi connectivity index (χ1n) is 5.85. The Balaban J connectivity index is 2.03. The summed E-state index contributed by atoms with van der Waals surface area (Å²) >= 11 is 6.13. The molecule has 0 spiro atoms. The van der Waals surface area contributed by atoms with Crippen molar-refractivity contribution in [1.82, 2.24) is 5.32 Å². The van der Waals surface area contributed by atoms with Gasteiger partial charge in [0.2, 0.25) is 0 Å². The maximum absolute atomic E-state index is 6.13. The third kappa shape index (κ3) is 3.27. The lowest BCUT2D eigenvalue weighted by atomic mass is 10.2. The Morgan fingerprint density at radius 2 is 2.06 bits per heavy atom. The van der Waals surface area contributed by atoms with E-state index in [2.05, 4.69) is 5.32 Å². The fourth-order valence-electron chi connectivity index (χ4n) is 1.82. The van der Waals surface area contributed by atoms with E-state index in [9.17, 15) is 0 Å². The SMILES string of the molecule is COc1cc(CNCC2CC2)cc(Cl)c1OC. The van der Waals surface area contributed by atoms with E-state index in [1.165, 1.54) is 12.8 Å². The summed E-state index contributed by atoms with van der Waals surface area (Å²) in [6.45, 7) is 1.91. The molecule has 2 rings (SSSR count). The van der Waals surface area contributed by atoms with Gasteiger partial charge in [-0.3, -0.25) is 0 Å². The van der Waals surface area contributed by atoms with Crippen LogP contribution >= 0.6 is 11.6 Å². The van der Waals surface area contributed by atoms with E-state index in [4.69, 9.17) is 21.1 Å². The van der Waals surface area contributed by atoms with Gasteiger partial charge in [-0.2, -0.15) is 0 Å². The summed E-state index contributed by atoms with van der Waals surface area (Å²) in [5, 5.41) is 4.02. The Morgan fingerprint density at radius 3 is 2.65 bits per heavy atom. The average molecular weight is 256 g/mol. The molecule has 0 bridgehead atoms. The first-order chi connectivity index (χ1) is 8.24. The molecule has 3 nitrogen and oxygen atoms in total. The highest BCUT2D eigenvalue weighted by molar-refractivity contribution is 6.32. The Morgan fingerprint density at radius 1 is 1.29 bits per heavy atom. The van der Waals surface area contributed by atoms with Crippen molar-refractivity contribution in [1.29, 1.82) is 0 Å². The van der Waals surface area contributed by atoms with E-state index in [1.807, 2.05) is 12.1 Å². The van der Waals surface area contributed by atoms with Crippen LogP contribution in [0.15, 0.2) is 12.1 Å². The van der Waals surface area contributed by atoms with Crippen LogP contribution in [0.4, 0.5) is 0 Å². The standard InChI is InChI=1S/C13H18ClNO2/c1-16-12-6-10(5-11(14)13(12)17-2)8-15-7-9-3-4-9/h5-6,9,15H,3-4,7-8H2,1-2H3. The van der Waals surface area contributed by atoms with Crippen LogP contribution in [0.25, 0.3) is 0 Å². The summed E-state index contributed by atoms with van der Waals surface area (Å²) in [5.74, 6) is 2.16. The van der Waals surface area contributed by atoms with Gasteiger partial charge >= 0.3 is 0 Å². The van der Waals surface area contributed by atoms with E-state index in [1.54, 1.807) is 14.2 Å². The minimum atomic E-state index is 0.593. The average Bonchev–Trinajstić information content (AvgIpc) is 3.12. The van der Waals surface area contributed by atoms with Gasteiger partial charge in [0, 0.05) is 6.54 Å². The van der Waals surface area contributed by atoms with Crippen molar-refractivity contribution in [3.63, 3.8) is 0 Å². The fourth-order valence-corrected chi connectivity index (χ4v) is 2.13. The van der Waals surface area contributed by atoms with Crippen LogP contribution in [-0.4, -0.2) is 20.8 Å². The predicted octanol–water partition coefficient (Wildman–Crippen LogP) is 2.86. The van der Waals surface area contributed by atoms with Crippen LogP contribution in [0.5, 0.6) is 11.5 Å². The van der Waals surface area contributed by atoms with Crippen molar-refractivity contribution >= 4 is 11.6 Å². The van der Waals surface area contributed by atoms with Crippen molar-refractivity contribution in [2.75, 3.05) is 20.8 Å². The maximum atomic E-state index is 6.13. The zero-order chi connectivity index (χ0) is 12.3. The smallest absolute Gasteiger partial charge is 0.179 e. The lowest BCUT2D eigenvalue weighted by molar-refractivity contribution is 0.354. The molecule has 94 valence electrons. The zero-order valence-electron chi connectivity index (χ0n) is 10.3. The molecule has 1 aliphatic rings. The molecule has 17 heavy (non-hydrogen) atoms. The van der Waals surface area contributed by atoms with Crippen molar-refractivity contribution < 1.29 is 9.47 Å². The first-order valence-corrected chi connectivity index (χ1v) is 6.23. The van der Waals surface area contributed by atoms with Gasteiger partial charge in [0.1, 0.15) is 0 Å². The van der Waals surface area contributed by atoms with Crippen molar-refractivity contribution in [2.24, 2.45) is 5.92 Å². The quantitative estimate of drug-likeness (QED) is 0.848. The molecular weight excluding hydrogens is 238 g/mol. The molecular formula is C13H18ClNO2. The highest BCUT2D eigenvalue weighted by Gasteiger charge is 2.20. The lowest BCUT2D eigenvalue weighted by Crippen LogP contribution is -2.16. The van der Waals surface area contributed by atoms with Crippen LogP contribution in [-0.2, 0) is 6.54 Å². The summed E-state index contributed by atoms with van der Waals surface area (Å²) in [6, 6.07) is 3.88. The van der Waals surface area contributed by atoms with Crippen molar-refractivity contribution in [2.45, 2.75) is 19.4 Å². The monoisotopic (exact) mass is 255 g/mol. The largest absolute Gasteiger partial charge is 0.493 e. The normalized spacial score (nSPS) is 14.8. The molecule has 0 unspecified atom stereocenters. The third-order valence-electron chi connectivity index (χ3n) is 2.95. The molecule has 0 aliphatic heterocycles. The minimum absolute atomic E-state index is 0.593. The van der Waals surface area contributed by atoms with Gasteiger partial charge in [0.25, 0.3) is 0 Å². The number of nitrogens with one attached hydrogen (secondary N) is 1. The molecule has 0 radical (unpaired) electrons. The number of halogens is 1. The molecule has 1 aromatic rings. The molecule has 0 aromatic heterocycles. The number of hydrogen-bond acceptors (Lipinski definition) is 3. The van der Waals surface area contributed by atoms with Gasteiger partial charge in [0.15, 0.2) is 11.5 Å². The molecule has 1 N–H and O–H groups in total. The summed E-state index contributed by atoms with van der Waals surface area (Å²) in [4.78, 5) is 0. The van der Waals surface area contributed by atoms with Crippen molar-refractivity contribution in [3.8, 4) is 11.5 Å². The van der Waals surface area contributed by atoms with Gasteiger partial charge in [-0.1, -0.05) is 11.6 Å². The van der Waals surface area contributed by atoms with Crippen LogP contribution < -0.4 is 14.8 Å².